The third-order valence-electron chi connectivity index (χ3n) is 4.66. The first-order valence-corrected chi connectivity index (χ1v) is 9.40. The van der Waals surface area contributed by atoms with Gasteiger partial charge >= 0.3 is 17.8 Å². The molecule has 1 saturated carbocycles. The second-order valence-electron chi connectivity index (χ2n) is 6.73. The number of halogens is 3. The number of fused-ring (bicyclic) bond motifs is 1. The van der Waals surface area contributed by atoms with Crippen molar-refractivity contribution in [3.05, 3.63) is 56.5 Å². The second kappa shape index (κ2) is 6.83. The summed E-state index contributed by atoms with van der Waals surface area (Å²) in [5, 5.41) is 0.560. The van der Waals surface area contributed by atoms with Crippen molar-refractivity contribution in [2.24, 2.45) is 13.0 Å². The first-order chi connectivity index (χ1) is 13.7. The number of carbonyl (C=O) groups excluding carboxylic acids is 1. The van der Waals surface area contributed by atoms with Crippen molar-refractivity contribution in [3.63, 3.8) is 0 Å². The third kappa shape index (κ3) is 3.57. The largest absolute Gasteiger partial charge is 0.459 e. The van der Waals surface area contributed by atoms with E-state index in [1.54, 1.807) is 6.07 Å². The lowest BCUT2D eigenvalue weighted by molar-refractivity contribution is -0.146. The van der Waals surface area contributed by atoms with Gasteiger partial charge in [-0.15, -0.1) is 0 Å². The van der Waals surface area contributed by atoms with Crippen LogP contribution in [0.2, 0.25) is 0 Å². The molecule has 1 aliphatic rings. The standard InChI is InChI=1S/C18H14F3N3O4S/c1-23-14(18(19,20)21)7-15(25)24(17(23)27)10-4-5-13-11(6-10)12(22-29-13)8-28-16(26)9-2-3-9/h4-7,9H,2-3,8H2,1H3. The van der Waals surface area contributed by atoms with Crippen LogP contribution in [0.15, 0.2) is 33.9 Å². The number of hydrogen-bond acceptors (Lipinski definition) is 6. The molecule has 2 heterocycles. The van der Waals surface area contributed by atoms with Crippen LogP contribution in [0.25, 0.3) is 15.8 Å². The van der Waals surface area contributed by atoms with Gasteiger partial charge in [0.05, 0.1) is 22.0 Å². The molecule has 7 nitrogen and oxygen atoms in total. The minimum Gasteiger partial charge on any atom is -0.459 e. The fourth-order valence-corrected chi connectivity index (χ4v) is 3.69. The molecule has 0 unspecified atom stereocenters. The van der Waals surface area contributed by atoms with Crippen LogP contribution in [0.4, 0.5) is 13.2 Å². The van der Waals surface area contributed by atoms with Crippen LogP contribution in [0, 0.1) is 5.92 Å². The van der Waals surface area contributed by atoms with Crippen LogP contribution < -0.4 is 11.2 Å². The monoisotopic (exact) mass is 425 g/mol. The zero-order valence-electron chi connectivity index (χ0n) is 15.0. The molecule has 0 aliphatic heterocycles. The molecule has 0 amide bonds. The van der Waals surface area contributed by atoms with Gasteiger partial charge in [0, 0.05) is 18.5 Å². The van der Waals surface area contributed by atoms with Crippen LogP contribution in [-0.2, 0) is 29.4 Å². The minimum atomic E-state index is -4.83. The summed E-state index contributed by atoms with van der Waals surface area (Å²) in [6, 6.07) is 4.93. The van der Waals surface area contributed by atoms with Crippen LogP contribution >= 0.6 is 11.5 Å². The lowest BCUT2D eigenvalue weighted by Gasteiger charge is -2.14. The number of rotatable bonds is 4. The molecule has 0 atom stereocenters. The molecule has 29 heavy (non-hydrogen) atoms. The maximum atomic E-state index is 13.0. The molecule has 3 aromatic rings. The number of hydrogen-bond donors (Lipinski definition) is 0. The Morgan fingerprint density at radius 3 is 2.66 bits per heavy atom. The Balaban J connectivity index is 1.76. The average molecular weight is 425 g/mol. The van der Waals surface area contributed by atoms with Crippen molar-refractivity contribution in [3.8, 4) is 5.69 Å². The molecule has 152 valence electrons. The van der Waals surface area contributed by atoms with Gasteiger partial charge in [-0.25, -0.2) is 9.36 Å². The van der Waals surface area contributed by atoms with E-state index in [1.807, 2.05) is 0 Å². The zero-order chi connectivity index (χ0) is 20.9. The van der Waals surface area contributed by atoms with E-state index in [2.05, 4.69) is 4.37 Å². The SMILES string of the molecule is Cn1c(C(F)(F)F)cc(=O)n(-c2ccc3snc(COC(=O)C4CC4)c3c2)c1=O. The maximum Gasteiger partial charge on any atom is 0.431 e. The molecule has 0 radical (unpaired) electrons. The van der Waals surface area contributed by atoms with E-state index < -0.39 is 23.1 Å². The number of nitrogens with zero attached hydrogens (tertiary/aromatic N) is 3. The smallest absolute Gasteiger partial charge is 0.431 e. The molecule has 0 bridgehead atoms. The highest BCUT2D eigenvalue weighted by molar-refractivity contribution is 7.13. The van der Waals surface area contributed by atoms with Gasteiger partial charge in [0.1, 0.15) is 12.3 Å². The normalized spacial score (nSPS) is 14.3. The Labute approximate surface area is 165 Å². The van der Waals surface area contributed by atoms with Gasteiger partial charge in [-0.2, -0.15) is 17.5 Å². The summed E-state index contributed by atoms with van der Waals surface area (Å²) in [5.41, 5.74) is -2.97. The van der Waals surface area contributed by atoms with E-state index in [4.69, 9.17) is 4.74 Å². The van der Waals surface area contributed by atoms with Crippen molar-refractivity contribution in [1.29, 1.82) is 0 Å². The lowest BCUT2D eigenvalue weighted by Crippen LogP contribution is -2.40. The fourth-order valence-electron chi connectivity index (χ4n) is 2.93. The van der Waals surface area contributed by atoms with Gasteiger partial charge in [-0.3, -0.25) is 14.2 Å². The third-order valence-corrected chi connectivity index (χ3v) is 5.52. The molecule has 4 rings (SSSR count). The minimum absolute atomic E-state index is 0.0568. The molecular formula is C18H14F3N3O4S. The predicted molar refractivity (Wildman–Crippen MR) is 98.0 cm³/mol. The van der Waals surface area contributed by atoms with Crippen LogP contribution in [0.1, 0.15) is 24.2 Å². The summed E-state index contributed by atoms with van der Waals surface area (Å²) >= 11 is 1.15. The van der Waals surface area contributed by atoms with E-state index in [1.165, 1.54) is 12.1 Å². The first kappa shape index (κ1) is 19.4. The summed E-state index contributed by atoms with van der Waals surface area (Å²) in [5.74, 6) is -0.362. The highest BCUT2D eigenvalue weighted by atomic mass is 32.1. The van der Waals surface area contributed by atoms with Crippen molar-refractivity contribution < 1.29 is 22.7 Å². The highest BCUT2D eigenvalue weighted by Gasteiger charge is 2.35. The number of aromatic nitrogens is 3. The topological polar surface area (TPSA) is 83.2 Å². The molecule has 0 saturated heterocycles. The molecule has 0 spiro atoms. The Hall–Kier alpha value is -2.95. The summed E-state index contributed by atoms with van der Waals surface area (Å²) in [4.78, 5) is 36.5. The van der Waals surface area contributed by atoms with E-state index in [0.29, 0.717) is 26.3 Å². The van der Waals surface area contributed by atoms with Crippen molar-refractivity contribution >= 4 is 27.6 Å². The molecule has 1 aromatic carbocycles. The van der Waals surface area contributed by atoms with Gasteiger partial charge in [0.2, 0.25) is 0 Å². The van der Waals surface area contributed by atoms with Crippen LogP contribution in [0.5, 0.6) is 0 Å². The summed E-state index contributed by atoms with van der Waals surface area (Å²) in [7, 11) is 0.953. The summed E-state index contributed by atoms with van der Waals surface area (Å²) in [6.07, 6.45) is -3.21. The highest BCUT2D eigenvalue weighted by Crippen LogP contribution is 2.31. The number of alkyl halides is 3. The predicted octanol–water partition coefficient (Wildman–Crippen LogP) is 2.62. The number of benzene rings is 1. The zero-order valence-corrected chi connectivity index (χ0v) is 15.8. The molecule has 2 aromatic heterocycles. The van der Waals surface area contributed by atoms with Crippen molar-refractivity contribution in [2.45, 2.75) is 25.6 Å². The lowest BCUT2D eigenvalue weighted by atomic mass is 10.2. The molecule has 0 N–H and O–H groups in total. The van der Waals surface area contributed by atoms with Crippen molar-refractivity contribution in [1.82, 2.24) is 13.5 Å². The van der Waals surface area contributed by atoms with Crippen LogP contribution in [-0.4, -0.2) is 19.5 Å². The van der Waals surface area contributed by atoms with Gasteiger partial charge in [-0.1, -0.05) is 0 Å². The Morgan fingerprint density at radius 2 is 2.00 bits per heavy atom. The Bertz CT molecular complexity index is 1240. The first-order valence-electron chi connectivity index (χ1n) is 8.62. The second-order valence-corrected chi connectivity index (χ2v) is 7.54. The van der Waals surface area contributed by atoms with E-state index in [0.717, 1.165) is 36.1 Å². The maximum absolute atomic E-state index is 13.0. The number of esters is 1. The summed E-state index contributed by atoms with van der Waals surface area (Å²) < 4.78 is 50.3. The Morgan fingerprint density at radius 1 is 1.28 bits per heavy atom. The molecule has 11 heteroatoms. The van der Waals surface area contributed by atoms with E-state index in [9.17, 15) is 27.6 Å². The van der Waals surface area contributed by atoms with Crippen molar-refractivity contribution in [2.75, 3.05) is 0 Å². The van der Waals surface area contributed by atoms with Gasteiger partial charge in [0.15, 0.2) is 0 Å². The molecular weight excluding hydrogens is 411 g/mol. The van der Waals surface area contributed by atoms with Gasteiger partial charge in [0.25, 0.3) is 5.56 Å². The van der Waals surface area contributed by atoms with Gasteiger partial charge in [-0.05, 0) is 42.6 Å². The van der Waals surface area contributed by atoms with Gasteiger partial charge < -0.3 is 4.74 Å². The van der Waals surface area contributed by atoms with E-state index in [-0.39, 0.29) is 24.2 Å². The molecule has 1 aliphatic carbocycles. The number of carbonyl (C=O) groups is 1. The fraction of sp³-hybridized carbons (Fsp3) is 0.333. The Kier molecular flexibility index (Phi) is 4.56. The average Bonchev–Trinajstić information content (AvgIpc) is 3.43. The number of ether oxygens (including phenoxy) is 1. The summed E-state index contributed by atoms with van der Waals surface area (Å²) in [6.45, 7) is -0.0568. The molecule has 1 fully saturated rings. The van der Waals surface area contributed by atoms with E-state index >= 15 is 0 Å². The van der Waals surface area contributed by atoms with Crippen LogP contribution in [0.3, 0.4) is 0 Å². The quantitative estimate of drug-likeness (QED) is 0.600.